The second-order valence-electron chi connectivity index (χ2n) is 10.0. The lowest BCUT2D eigenvalue weighted by atomic mass is 9.92. The highest BCUT2D eigenvalue weighted by molar-refractivity contribution is 9.10. The molecule has 210 valence electrons. The van der Waals surface area contributed by atoms with Crippen molar-refractivity contribution < 1.29 is 19.1 Å². The topological polar surface area (TPSA) is 96.5 Å². The minimum absolute atomic E-state index is 0.103. The molecular weight excluding hydrogens is 594 g/mol. The molecule has 1 unspecified atom stereocenters. The van der Waals surface area contributed by atoms with E-state index in [1.165, 1.54) is 6.08 Å². The zero-order chi connectivity index (χ0) is 29.1. The minimum atomic E-state index is -0.645. The Morgan fingerprint density at radius 3 is 2.12 bits per heavy atom. The van der Waals surface area contributed by atoms with E-state index in [-0.39, 0.29) is 17.7 Å². The van der Waals surface area contributed by atoms with Crippen molar-refractivity contribution in [3.05, 3.63) is 94.5 Å². The van der Waals surface area contributed by atoms with E-state index in [0.717, 1.165) is 21.3 Å². The average Bonchev–Trinajstić information content (AvgIpc) is 2.90. The predicted molar refractivity (Wildman–Crippen MR) is 166 cm³/mol. The Labute approximate surface area is 248 Å². The highest BCUT2D eigenvalue weighted by atomic mass is 79.9. The van der Waals surface area contributed by atoms with Gasteiger partial charge in [0.1, 0.15) is 5.60 Å². The molecule has 0 aliphatic heterocycles. The van der Waals surface area contributed by atoms with Crippen LogP contribution < -0.4 is 16.0 Å². The first kappa shape index (κ1) is 30.9. The standard InChI is InChI=1S/C31H33BrClN3O4/c1-31(2,3)40-30(39)36-27-9-5-4-8-26(27)35-28(37)19-12-21-10-13-22(14-11-21)25(7-6-20-33)29(38)34-24-17-15-23(32)16-18-24/h4-5,8-19,25H,6-7,20H2,1-3H3,(H,34,38)(H,35,37)(H,36,39)/b19-12+. The molecule has 3 rings (SSSR count). The van der Waals surface area contributed by atoms with E-state index in [2.05, 4.69) is 31.9 Å². The molecule has 3 aromatic rings. The lowest BCUT2D eigenvalue weighted by Gasteiger charge is -2.20. The number of carbonyl (C=O) groups excluding carboxylic acids is 3. The summed E-state index contributed by atoms with van der Waals surface area (Å²) in [6, 6.07) is 21.8. The molecule has 3 amide bonds. The molecule has 0 heterocycles. The number of nitrogens with one attached hydrogen (secondary N) is 3. The van der Waals surface area contributed by atoms with Crippen molar-refractivity contribution in [1.29, 1.82) is 0 Å². The molecule has 1 atom stereocenters. The summed E-state index contributed by atoms with van der Waals surface area (Å²) < 4.78 is 6.23. The molecule has 0 fully saturated rings. The maximum Gasteiger partial charge on any atom is 0.412 e. The third kappa shape index (κ3) is 10.2. The van der Waals surface area contributed by atoms with E-state index in [4.69, 9.17) is 16.3 Å². The van der Waals surface area contributed by atoms with Crippen molar-refractivity contribution in [3.8, 4) is 0 Å². The number of carbonyl (C=O) groups is 3. The zero-order valence-corrected chi connectivity index (χ0v) is 25.0. The van der Waals surface area contributed by atoms with Crippen molar-refractivity contribution in [2.75, 3.05) is 21.8 Å². The molecule has 0 aliphatic carbocycles. The van der Waals surface area contributed by atoms with Crippen LogP contribution in [-0.4, -0.2) is 29.4 Å². The van der Waals surface area contributed by atoms with Crippen LogP contribution in [-0.2, 0) is 14.3 Å². The summed E-state index contributed by atoms with van der Waals surface area (Å²) >= 11 is 9.32. The van der Waals surface area contributed by atoms with E-state index >= 15 is 0 Å². The lowest BCUT2D eigenvalue weighted by Crippen LogP contribution is -2.27. The van der Waals surface area contributed by atoms with Crippen LogP contribution >= 0.6 is 27.5 Å². The fourth-order valence-electron chi connectivity index (χ4n) is 3.79. The Kier molecular flexibility index (Phi) is 11.3. The molecule has 0 bridgehead atoms. The summed E-state index contributed by atoms with van der Waals surface area (Å²) in [7, 11) is 0. The summed E-state index contributed by atoms with van der Waals surface area (Å²) in [5.74, 6) is -0.364. The van der Waals surface area contributed by atoms with Crippen LogP contribution in [0.25, 0.3) is 6.08 Å². The Morgan fingerprint density at radius 1 is 0.900 bits per heavy atom. The monoisotopic (exact) mass is 625 g/mol. The highest BCUT2D eigenvalue weighted by Gasteiger charge is 2.21. The molecular formula is C31H33BrClN3O4. The third-order valence-corrected chi connectivity index (χ3v) is 6.44. The first-order valence-electron chi connectivity index (χ1n) is 12.8. The number of para-hydroxylation sites is 2. The van der Waals surface area contributed by atoms with E-state index in [1.807, 2.05) is 48.5 Å². The van der Waals surface area contributed by atoms with Crippen LogP contribution in [0, 0.1) is 0 Å². The van der Waals surface area contributed by atoms with Gasteiger partial charge in [-0.25, -0.2) is 4.79 Å². The second-order valence-corrected chi connectivity index (χ2v) is 11.3. The first-order chi connectivity index (χ1) is 19.0. The number of halogens is 2. The summed E-state index contributed by atoms with van der Waals surface area (Å²) in [6.45, 7) is 5.32. The molecule has 0 saturated carbocycles. The largest absolute Gasteiger partial charge is 0.444 e. The van der Waals surface area contributed by atoms with Crippen LogP contribution in [0.5, 0.6) is 0 Å². The summed E-state index contributed by atoms with van der Waals surface area (Å²) in [6.07, 6.45) is 3.79. The number of rotatable bonds is 10. The van der Waals surface area contributed by atoms with Crippen LogP contribution in [0.15, 0.2) is 83.3 Å². The lowest BCUT2D eigenvalue weighted by molar-refractivity contribution is -0.117. The number of amides is 3. The molecule has 3 N–H and O–H groups in total. The van der Waals surface area contributed by atoms with Gasteiger partial charge in [-0.05, 0) is 87.2 Å². The number of hydrogen-bond donors (Lipinski definition) is 3. The van der Waals surface area contributed by atoms with Crippen LogP contribution in [0.3, 0.4) is 0 Å². The van der Waals surface area contributed by atoms with Crippen molar-refractivity contribution in [1.82, 2.24) is 0 Å². The van der Waals surface area contributed by atoms with E-state index in [0.29, 0.717) is 30.1 Å². The van der Waals surface area contributed by atoms with Gasteiger partial charge < -0.3 is 15.4 Å². The number of hydrogen-bond acceptors (Lipinski definition) is 4. The molecule has 40 heavy (non-hydrogen) atoms. The maximum absolute atomic E-state index is 13.1. The number of benzene rings is 3. The number of anilines is 3. The van der Waals surface area contributed by atoms with Gasteiger partial charge in [0.2, 0.25) is 11.8 Å². The number of ether oxygens (including phenoxy) is 1. The molecule has 0 aliphatic rings. The van der Waals surface area contributed by atoms with Crippen LogP contribution in [0.1, 0.15) is 50.7 Å². The van der Waals surface area contributed by atoms with E-state index < -0.39 is 11.7 Å². The zero-order valence-electron chi connectivity index (χ0n) is 22.7. The molecule has 0 saturated heterocycles. The normalized spacial score (nSPS) is 12.0. The summed E-state index contributed by atoms with van der Waals surface area (Å²) in [5.41, 5.74) is 2.60. The fraction of sp³-hybridized carbons (Fsp3) is 0.258. The Hall–Kier alpha value is -3.62. The van der Waals surface area contributed by atoms with E-state index in [9.17, 15) is 14.4 Å². The smallest absolute Gasteiger partial charge is 0.412 e. The summed E-state index contributed by atoms with van der Waals surface area (Å²) in [4.78, 5) is 37.9. The van der Waals surface area contributed by atoms with Gasteiger partial charge in [0, 0.05) is 22.1 Å². The number of alkyl halides is 1. The van der Waals surface area contributed by atoms with Gasteiger partial charge in [-0.2, -0.15) is 0 Å². The van der Waals surface area contributed by atoms with Crippen LogP contribution in [0.4, 0.5) is 21.9 Å². The molecule has 0 aromatic heterocycles. The Bertz CT molecular complexity index is 1340. The van der Waals surface area contributed by atoms with Crippen molar-refractivity contribution >= 4 is 68.6 Å². The van der Waals surface area contributed by atoms with Gasteiger partial charge in [0.15, 0.2) is 0 Å². The maximum atomic E-state index is 13.1. The minimum Gasteiger partial charge on any atom is -0.444 e. The van der Waals surface area contributed by atoms with Gasteiger partial charge in [-0.1, -0.05) is 52.3 Å². The van der Waals surface area contributed by atoms with Crippen molar-refractivity contribution in [3.63, 3.8) is 0 Å². The molecule has 0 radical (unpaired) electrons. The summed E-state index contributed by atoms with van der Waals surface area (Å²) in [5, 5.41) is 8.42. The molecule has 9 heteroatoms. The SMILES string of the molecule is CC(C)(C)OC(=O)Nc1ccccc1NC(=O)/C=C/c1ccc(C(CCCCl)C(=O)Nc2ccc(Br)cc2)cc1. The highest BCUT2D eigenvalue weighted by Crippen LogP contribution is 2.26. The molecule has 7 nitrogen and oxygen atoms in total. The first-order valence-corrected chi connectivity index (χ1v) is 14.2. The van der Waals surface area contributed by atoms with Gasteiger partial charge in [-0.15, -0.1) is 11.6 Å². The quantitative estimate of drug-likeness (QED) is 0.156. The second kappa shape index (κ2) is 14.7. The van der Waals surface area contributed by atoms with Crippen molar-refractivity contribution in [2.45, 2.75) is 45.1 Å². The van der Waals surface area contributed by atoms with E-state index in [1.54, 1.807) is 51.1 Å². The molecule has 0 spiro atoms. The predicted octanol–water partition coefficient (Wildman–Crippen LogP) is 8.19. The molecule has 3 aromatic carbocycles. The van der Waals surface area contributed by atoms with Gasteiger partial charge >= 0.3 is 6.09 Å². The third-order valence-electron chi connectivity index (χ3n) is 5.64. The van der Waals surface area contributed by atoms with Gasteiger partial charge in [0.25, 0.3) is 0 Å². The average molecular weight is 627 g/mol. The fourth-order valence-corrected chi connectivity index (χ4v) is 4.21. The van der Waals surface area contributed by atoms with Gasteiger partial charge in [0.05, 0.1) is 17.3 Å². The Morgan fingerprint density at radius 2 is 1.52 bits per heavy atom. The van der Waals surface area contributed by atoms with Gasteiger partial charge in [-0.3, -0.25) is 14.9 Å². The van der Waals surface area contributed by atoms with Crippen molar-refractivity contribution in [2.24, 2.45) is 0 Å². The van der Waals surface area contributed by atoms with Crippen LogP contribution in [0.2, 0.25) is 0 Å². The Balaban J connectivity index is 1.65.